The molecule has 1 N–H and O–H groups in total. The molecule has 0 spiro atoms. The van der Waals surface area contributed by atoms with Crippen molar-refractivity contribution in [3.05, 3.63) is 24.3 Å². The summed E-state index contributed by atoms with van der Waals surface area (Å²) in [6, 6.07) is 0. The minimum atomic E-state index is -1.29. The average molecular weight is 266 g/mol. The van der Waals surface area contributed by atoms with Crippen LogP contribution in [0.2, 0.25) is 0 Å². The Hall–Kier alpha value is -1.58. The van der Waals surface area contributed by atoms with Crippen LogP contribution in [0.1, 0.15) is 40.5 Å². The molecule has 0 aromatic rings. The van der Waals surface area contributed by atoms with Crippen molar-refractivity contribution in [2.45, 2.75) is 46.6 Å². The molecule has 0 heterocycles. The molecule has 0 bridgehead atoms. The van der Waals surface area contributed by atoms with Crippen molar-refractivity contribution in [1.82, 2.24) is 0 Å². The van der Waals surface area contributed by atoms with Gasteiger partial charge in [-0.05, 0) is 27.2 Å². The maximum Gasteiger partial charge on any atom is 0.317 e. The molecule has 0 aromatic heterocycles. The lowest BCUT2D eigenvalue weighted by molar-refractivity contribution is -0.170. The number of ether oxygens (including phenoxy) is 1. The molecule has 0 aromatic carbocycles. The zero-order chi connectivity index (χ0) is 14.7. The van der Waals surface area contributed by atoms with Crippen LogP contribution in [0.15, 0.2) is 24.3 Å². The maximum absolute atomic E-state index is 12.4. The summed E-state index contributed by atoms with van der Waals surface area (Å²) in [5.41, 5.74) is -2.47. The van der Waals surface area contributed by atoms with Crippen LogP contribution in [0.3, 0.4) is 0 Å². The Morgan fingerprint density at radius 3 is 2.21 bits per heavy atom. The van der Waals surface area contributed by atoms with E-state index in [0.29, 0.717) is 0 Å². The highest BCUT2D eigenvalue weighted by atomic mass is 16.5. The fourth-order valence-corrected chi connectivity index (χ4v) is 2.19. The number of carboxylic acid groups (broad SMARTS) is 1. The van der Waals surface area contributed by atoms with Gasteiger partial charge in [-0.25, -0.2) is 0 Å². The van der Waals surface area contributed by atoms with E-state index in [1.54, 1.807) is 38.2 Å². The van der Waals surface area contributed by atoms with Gasteiger partial charge in [0.15, 0.2) is 0 Å². The van der Waals surface area contributed by atoms with Crippen LogP contribution in [0.25, 0.3) is 0 Å². The topological polar surface area (TPSA) is 63.6 Å². The number of carbonyl (C=O) groups excluding carboxylic acids is 1. The molecular weight excluding hydrogens is 244 g/mol. The summed E-state index contributed by atoms with van der Waals surface area (Å²) in [6.45, 7) is 6.99. The summed E-state index contributed by atoms with van der Waals surface area (Å²) in [4.78, 5) is 23.9. The first kappa shape index (κ1) is 15.5. The first-order valence-electron chi connectivity index (χ1n) is 6.59. The molecule has 4 nitrogen and oxygen atoms in total. The standard InChI is InChI=1S/C15H22O4/c1-5-8-11(2)19-13(18)15(4)10-7-6-9-14(15,3)12(16)17/h6-7,9-11H,5,8H2,1-4H3,(H,16,17)/t11?,14-,15+/m1/s1. The summed E-state index contributed by atoms with van der Waals surface area (Å²) in [5, 5.41) is 9.43. The van der Waals surface area contributed by atoms with Gasteiger partial charge in [0.05, 0.1) is 6.10 Å². The second-order valence-corrected chi connectivity index (χ2v) is 5.43. The third kappa shape index (κ3) is 2.72. The minimum Gasteiger partial charge on any atom is -0.481 e. The first-order chi connectivity index (χ1) is 8.78. The van der Waals surface area contributed by atoms with Crippen LogP contribution in [0.5, 0.6) is 0 Å². The zero-order valence-corrected chi connectivity index (χ0v) is 12.0. The number of hydrogen-bond acceptors (Lipinski definition) is 3. The molecule has 4 heteroatoms. The highest BCUT2D eigenvalue weighted by Gasteiger charge is 2.54. The van der Waals surface area contributed by atoms with Crippen LogP contribution in [-0.2, 0) is 14.3 Å². The van der Waals surface area contributed by atoms with Crippen LogP contribution >= 0.6 is 0 Å². The molecule has 0 saturated carbocycles. The molecule has 0 aliphatic heterocycles. The predicted molar refractivity (Wildman–Crippen MR) is 72.6 cm³/mol. The molecular formula is C15H22O4. The second kappa shape index (κ2) is 5.59. The first-order valence-corrected chi connectivity index (χ1v) is 6.59. The third-order valence-electron chi connectivity index (χ3n) is 3.92. The normalized spacial score (nSPS) is 30.9. The van der Waals surface area contributed by atoms with Crippen molar-refractivity contribution in [3.63, 3.8) is 0 Å². The van der Waals surface area contributed by atoms with E-state index < -0.39 is 22.8 Å². The fraction of sp³-hybridized carbons (Fsp3) is 0.600. The van der Waals surface area contributed by atoms with E-state index >= 15 is 0 Å². The van der Waals surface area contributed by atoms with Crippen LogP contribution in [0, 0.1) is 10.8 Å². The van der Waals surface area contributed by atoms with Gasteiger partial charge in [0.25, 0.3) is 0 Å². The van der Waals surface area contributed by atoms with E-state index in [0.717, 1.165) is 12.8 Å². The fourth-order valence-electron chi connectivity index (χ4n) is 2.19. The number of aliphatic carboxylic acids is 1. The lowest BCUT2D eigenvalue weighted by atomic mass is 9.63. The van der Waals surface area contributed by atoms with Gasteiger partial charge in [-0.1, -0.05) is 37.6 Å². The van der Waals surface area contributed by atoms with Gasteiger partial charge in [-0.15, -0.1) is 0 Å². The predicted octanol–water partition coefficient (Wildman–Crippen LogP) is 2.94. The lowest BCUT2D eigenvalue weighted by Gasteiger charge is -2.39. The Kier molecular flexibility index (Phi) is 4.56. The molecule has 1 unspecified atom stereocenters. The van der Waals surface area contributed by atoms with E-state index in [1.807, 2.05) is 13.8 Å². The van der Waals surface area contributed by atoms with E-state index in [-0.39, 0.29) is 6.10 Å². The van der Waals surface area contributed by atoms with Crippen molar-refractivity contribution in [1.29, 1.82) is 0 Å². The van der Waals surface area contributed by atoms with Gasteiger partial charge in [-0.2, -0.15) is 0 Å². The van der Waals surface area contributed by atoms with E-state index in [2.05, 4.69) is 0 Å². The Balaban J connectivity index is 3.00. The molecule has 1 aliphatic carbocycles. The van der Waals surface area contributed by atoms with E-state index in [1.165, 1.54) is 0 Å². The Labute approximate surface area is 114 Å². The number of allylic oxidation sites excluding steroid dienone is 2. The van der Waals surface area contributed by atoms with Crippen molar-refractivity contribution in [2.24, 2.45) is 10.8 Å². The SMILES string of the molecule is CCCC(C)OC(=O)[C@]1(C)C=CC=C[C@]1(C)C(=O)O. The number of carbonyl (C=O) groups is 2. The Morgan fingerprint density at radius 1 is 1.21 bits per heavy atom. The highest BCUT2D eigenvalue weighted by molar-refractivity contribution is 5.91. The molecule has 0 fully saturated rings. The van der Waals surface area contributed by atoms with Crippen LogP contribution in [0.4, 0.5) is 0 Å². The summed E-state index contributed by atoms with van der Waals surface area (Å²) in [6.07, 6.45) is 7.98. The summed E-state index contributed by atoms with van der Waals surface area (Å²) in [7, 11) is 0. The van der Waals surface area contributed by atoms with E-state index in [4.69, 9.17) is 4.74 Å². The molecule has 0 amide bonds. The average Bonchev–Trinajstić information content (AvgIpc) is 2.33. The molecule has 19 heavy (non-hydrogen) atoms. The number of rotatable bonds is 5. The van der Waals surface area contributed by atoms with Crippen LogP contribution < -0.4 is 0 Å². The van der Waals surface area contributed by atoms with E-state index in [9.17, 15) is 14.7 Å². The van der Waals surface area contributed by atoms with Gasteiger partial charge < -0.3 is 9.84 Å². The maximum atomic E-state index is 12.4. The smallest absolute Gasteiger partial charge is 0.317 e. The van der Waals surface area contributed by atoms with Gasteiger partial charge in [0, 0.05) is 0 Å². The highest BCUT2D eigenvalue weighted by Crippen LogP contribution is 2.45. The van der Waals surface area contributed by atoms with Crippen molar-refractivity contribution >= 4 is 11.9 Å². The summed E-state index contributed by atoms with van der Waals surface area (Å²) in [5.74, 6) is -1.52. The summed E-state index contributed by atoms with van der Waals surface area (Å²) < 4.78 is 5.39. The zero-order valence-electron chi connectivity index (χ0n) is 12.0. The summed E-state index contributed by atoms with van der Waals surface area (Å²) >= 11 is 0. The third-order valence-corrected chi connectivity index (χ3v) is 3.92. The Bertz CT molecular complexity index is 424. The number of hydrogen-bond donors (Lipinski definition) is 1. The number of carboxylic acids is 1. The monoisotopic (exact) mass is 266 g/mol. The van der Waals surface area contributed by atoms with Crippen molar-refractivity contribution in [3.8, 4) is 0 Å². The van der Waals surface area contributed by atoms with Gasteiger partial charge in [0.1, 0.15) is 10.8 Å². The number of esters is 1. The molecule has 3 atom stereocenters. The molecule has 106 valence electrons. The largest absolute Gasteiger partial charge is 0.481 e. The van der Waals surface area contributed by atoms with Gasteiger partial charge in [0.2, 0.25) is 0 Å². The molecule has 1 rings (SSSR count). The van der Waals surface area contributed by atoms with Crippen LogP contribution in [-0.4, -0.2) is 23.1 Å². The quantitative estimate of drug-likeness (QED) is 0.777. The second-order valence-electron chi connectivity index (χ2n) is 5.43. The van der Waals surface area contributed by atoms with Crippen molar-refractivity contribution in [2.75, 3.05) is 0 Å². The molecule has 0 radical (unpaired) electrons. The lowest BCUT2D eigenvalue weighted by Crippen LogP contribution is -2.49. The molecule has 0 saturated heterocycles. The van der Waals surface area contributed by atoms with Gasteiger partial charge in [-0.3, -0.25) is 9.59 Å². The molecule has 1 aliphatic rings. The minimum absolute atomic E-state index is 0.202. The van der Waals surface area contributed by atoms with Crippen molar-refractivity contribution < 1.29 is 19.4 Å². The van der Waals surface area contributed by atoms with Gasteiger partial charge >= 0.3 is 11.9 Å². The Morgan fingerprint density at radius 2 is 1.74 bits per heavy atom.